The van der Waals surface area contributed by atoms with E-state index < -0.39 is 0 Å². The maximum Gasteiger partial charge on any atom is 0.119 e. The third kappa shape index (κ3) is 2.03. The summed E-state index contributed by atoms with van der Waals surface area (Å²) < 4.78 is 5.30. The summed E-state index contributed by atoms with van der Waals surface area (Å²) in [6.45, 7) is 4.27. The second-order valence-electron chi connectivity index (χ2n) is 4.96. The van der Waals surface area contributed by atoms with Crippen molar-refractivity contribution in [3.8, 4) is 17.0 Å². The Balaban J connectivity index is 2.29. The van der Waals surface area contributed by atoms with Crippen LogP contribution in [-0.2, 0) is 0 Å². The van der Waals surface area contributed by atoms with Crippen molar-refractivity contribution >= 4 is 10.9 Å². The van der Waals surface area contributed by atoms with Crippen LogP contribution in [0.1, 0.15) is 11.1 Å². The van der Waals surface area contributed by atoms with Gasteiger partial charge in [-0.3, -0.25) is 0 Å². The summed E-state index contributed by atoms with van der Waals surface area (Å²) in [7, 11) is 1.69. The molecule has 0 fully saturated rings. The van der Waals surface area contributed by atoms with Gasteiger partial charge in [0.1, 0.15) is 5.75 Å². The van der Waals surface area contributed by atoms with E-state index in [0.717, 1.165) is 27.9 Å². The Labute approximate surface area is 119 Å². The second kappa shape index (κ2) is 4.97. The van der Waals surface area contributed by atoms with Crippen molar-refractivity contribution in [1.82, 2.24) is 4.98 Å². The minimum absolute atomic E-state index is 0.870. The van der Waals surface area contributed by atoms with Gasteiger partial charge in [-0.1, -0.05) is 30.3 Å². The summed E-state index contributed by atoms with van der Waals surface area (Å²) >= 11 is 0. The molecular formula is C18H17NO. The number of methoxy groups -OCH3 is 1. The van der Waals surface area contributed by atoms with Gasteiger partial charge in [0.25, 0.3) is 0 Å². The van der Waals surface area contributed by atoms with E-state index in [-0.39, 0.29) is 0 Å². The lowest BCUT2D eigenvalue weighted by molar-refractivity contribution is 0.415. The predicted octanol–water partition coefficient (Wildman–Crippen LogP) is 4.53. The molecule has 1 heterocycles. The lowest BCUT2D eigenvalue weighted by Crippen LogP contribution is -1.95. The van der Waals surface area contributed by atoms with E-state index in [4.69, 9.17) is 9.72 Å². The number of ether oxygens (including phenoxy) is 1. The van der Waals surface area contributed by atoms with Crippen LogP contribution in [0.5, 0.6) is 5.75 Å². The monoisotopic (exact) mass is 263 g/mol. The highest BCUT2D eigenvalue weighted by Gasteiger charge is 2.10. The number of fused-ring (bicyclic) bond motifs is 1. The van der Waals surface area contributed by atoms with Crippen LogP contribution in [0.15, 0.2) is 48.5 Å². The van der Waals surface area contributed by atoms with Gasteiger partial charge in [-0.15, -0.1) is 0 Å². The van der Waals surface area contributed by atoms with Crippen molar-refractivity contribution in [1.29, 1.82) is 0 Å². The molecule has 0 saturated carbocycles. The molecule has 20 heavy (non-hydrogen) atoms. The van der Waals surface area contributed by atoms with Gasteiger partial charge < -0.3 is 4.74 Å². The zero-order valence-electron chi connectivity index (χ0n) is 12.0. The molecule has 2 nitrogen and oxygen atoms in total. The maximum absolute atomic E-state index is 5.30. The van der Waals surface area contributed by atoms with Crippen LogP contribution >= 0.6 is 0 Å². The summed E-state index contributed by atoms with van der Waals surface area (Å²) in [6.07, 6.45) is 0. The van der Waals surface area contributed by atoms with E-state index in [1.807, 2.05) is 30.3 Å². The summed E-state index contributed by atoms with van der Waals surface area (Å²) in [5.74, 6) is 0.870. The third-order valence-electron chi connectivity index (χ3n) is 3.80. The Morgan fingerprint density at radius 1 is 0.900 bits per heavy atom. The van der Waals surface area contributed by atoms with Crippen LogP contribution in [0.2, 0.25) is 0 Å². The lowest BCUT2D eigenvalue weighted by Gasteiger charge is -2.12. The smallest absolute Gasteiger partial charge is 0.119 e. The summed E-state index contributed by atoms with van der Waals surface area (Å²) in [5.41, 5.74) is 5.70. The molecule has 3 rings (SSSR count). The summed E-state index contributed by atoms with van der Waals surface area (Å²) in [5, 5.41) is 1.15. The molecule has 0 N–H and O–H groups in total. The van der Waals surface area contributed by atoms with Gasteiger partial charge in [-0.05, 0) is 43.2 Å². The molecule has 0 bridgehead atoms. The minimum atomic E-state index is 0.870. The van der Waals surface area contributed by atoms with E-state index >= 15 is 0 Å². The first-order chi connectivity index (χ1) is 9.70. The molecule has 0 spiro atoms. The molecule has 0 saturated heterocycles. The van der Waals surface area contributed by atoms with E-state index in [2.05, 4.69) is 32.0 Å². The summed E-state index contributed by atoms with van der Waals surface area (Å²) in [6, 6.07) is 16.4. The fraction of sp³-hybridized carbons (Fsp3) is 0.167. The predicted molar refractivity (Wildman–Crippen MR) is 83.2 cm³/mol. The number of hydrogen-bond acceptors (Lipinski definition) is 2. The van der Waals surface area contributed by atoms with E-state index in [0.29, 0.717) is 0 Å². The van der Waals surface area contributed by atoms with E-state index in [1.54, 1.807) is 7.11 Å². The number of hydrogen-bond donors (Lipinski definition) is 0. The van der Waals surface area contributed by atoms with Crippen LogP contribution < -0.4 is 4.74 Å². The third-order valence-corrected chi connectivity index (χ3v) is 3.80. The van der Waals surface area contributed by atoms with Gasteiger partial charge in [0.15, 0.2) is 0 Å². The Hall–Kier alpha value is -2.35. The lowest BCUT2D eigenvalue weighted by atomic mass is 9.99. The average molecular weight is 263 g/mol. The Bertz CT molecular complexity index is 763. The van der Waals surface area contributed by atoms with E-state index in [9.17, 15) is 0 Å². The first-order valence-corrected chi connectivity index (χ1v) is 6.71. The topological polar surface area (TPSA) is 22.1 Å². The number of nitrogens with zero attached hydrogens (tertiary/aromatic N) is 1. The number of pyridine rings is 1. The molecule has 0 amide bonds. The Morgan fingerprint density at radius 3 is 2.35 bits per heavy atom. The number of benzene rings is 2. The number of aromatic nitrogens is 1. The van der Waals surface area contributed by atoms with Crippen LogP contribution in [0.3, 0.4) is 0 Å². The molecule has 100 valence electrons. The molecule has 2 aromatic carbocycles. The molecule has 1 aromatic heterocycles. The number of rotatable bonds is 2. The molecule has 0 atom stereocenters. The molecule has 0 unspecified atom stereocenters. The molecule has 0 aliphatic rings. The largest absolute Gasteiger partial charge is 0.497 e. The van der Waals surface area contributed by atoms with Crippen molar-refractivity contribution < 1.29 is 4.74 Å². The molecule has 0 aliphatic carbocycles. The first-order valence-electron chi connectivity index (χ1n) is 6.71. The van der Waals surface area contributed by atoms with Gasteiger partial charge >= 0.3 is 0 Å². The fourth-order valence-electron chi connectivity index (χ4n) is 2.50. The highest BCUT2D eigenvalue weighted by atomic mass is 16.5. The minimum Gasteiger partial charge on any atom is -0.497 e. The molecular weight excluding hydrogens is 246 g/mol. The van der Waals surface area contributed by atoms with Crippen molar-refractivity contribution in [2.45, 2.75) is 13.8 Å². The zero-order valence-corrected chi connectivity index (χ0v) is 12.0. The van der Waals surface area contributed by atoms with Crippen LogP contribution in [0.4, 0.5) is 0 Å². The second-order valence-corrected chi connectivity index (χ2v) is 4.96. The van der Waals surface area contributed by atoms with Crippen molar-refractivity contribution in [2.75, 3.05) is 7.11 Å². The molecule has 0 aliphatic heterocycles. The molecule has 0 radical (unpaired) electrons. The zero-order chi connectivity index (χ0) is 14.1. The molecule has 3 aromatic rings. The van der Waals surface area contributed by atoms with Gasteiger partial charge in [-0.25, -0.2) is 4.98 Å². The van der Waals surface area contributed by atoms with Crippen LogP contribution in [-0.4, -0.2) is 12.1 Å². The van der Waals surface area contributed by atoms with E-state index in [1.165, 1.54) is 11.1 Å². The Morgan fingerprint density at radius 2 is 1.65 bits per heavy atom. The highest BCUT2D eigenvalue weighted by Crippen LogP contribution is 2.30. The van der Waals surface area contributed by atoms with Gasteiger partial charge in [0, 0.05) is 10.9 Å². The maximum atomic E-state index is 5.30. The van der Waals surface area contributed by atoms with Gasteiger partial charge in [0.05, 0.1) is 18.3 Å². The normalized spacial score (nSPS) is 10.8. The summed E-state index contributed by atoms with van der Waals surface area (Å²) in [4.78, 5) is 4.83. The van der Waals surface area contributed by atoms with Crippen molar-refractivity contribution in [2.24, 2.45) is 0 Å². The fourth-order valence-corrected chi connectivity index (χ4v) is 2.50. The van der Waals surface area contributed by atoms with Gasteiger partial charge in [0.2, 0.25) is 0 Å². The molecule has 2 heteroatoms. The van der Waals surface area contributed by atoms with Crippen molar-refractivity contribution in [3.63, 3.8) is 0 Å². The average Bonchev–Trinajstić information content (AvgIpc) is 2.51. The quantitative estimate of drug-likeness (QED) is 0.677. The van der Waals surface area contributed by atoms with Crippen LogP contribution in [0.25, 0.3) is 22.2 Å². The SMILES string of the molecule is COc1ccc2nc(-c3ccccc3)c(C)c(C)c2c1. The highest BCUT2D eigenvalue weighted by molar-refractivity contribution is 5.88. The van der Waals surface area contributed by atoms with Crippen molar-refractivity contribution in [3.05, 3.63) is 59.7 Å². The standard InChI is InChI=1S/C18H17NO/c1-12-13(2)18(14-7-5-4-6-8-14)19-17-10-9-15(20-3)11-16(12)17/h4-11H,1-3H3. The Kier molecular flexibility index (Phi) is 3.15. The first kappa shape index (κ1) is 12.7. The van der Waals surface area contributed by atoms with Gasteiger partial charge in [-0.2, -0.15) is 0 Å². The van der Waals surface area contributed by atoms with Crippen LogP contribution in [0, 0.1) is 13.8 Å². The number of aryl methyl sites for hydroxylation is 1.